The molecule has 8 heteroatoms. The Hall–Kier alpha value is -3.55. The lowest BCUT2D eigenvalue weighted by atomic mass is 10.1. The molecule has 0 unspecified atom stereocenters. The molecule has 0 atom stereocenters. The highest BCUT2D eigenvalue weighted by Gasteiger charge is 2.16. The van der Waals surface area contributed by atoms with Crippen LogP contribution in [0, 0.1) is 0 Å². The second-order valence-electron chi connectivity index (χ2n) is 6.36. The molecule has 0 aliphatic carbocycles. The van der Waals surface area contributed by atoms with E-state index in [4.69, 9.17) is 4.52 Å². The van der Waals surface area contributed by atoms with Gasteiger partial charge in [-0.2, -0.15) is 4.98 Å². The van der Waals surface area contributed by atoms with Gasteiger partial charge in [0.1, 0.15) is 0 Å². The molecule has 3 heterocycles. The summed E-state index contributed by atoms with van der Waals surface area (Å²) in [4.78, 5) is 16.5. The van der Waals surface area contributed by atoms with Gasteiger partial charge >= 0.3 is 0 Å². The average Bonchev–Trinajstić information content (AvgIpc) is 3.38. The summed E-state index contributed by atoms with van der Waals surface area (Å²) in [5, 5.41) is 15.3. The predicted molar refractivity (Wildman–Crippen MR) is 102 cm³/mol. The molecule has 1 amide bonds. The summed E-state index contributed by atoms with van der Waals surface area (Å²) in [7, 11) is 0. The van der Waals surface area contributed by atoms with Crippen molar-refractivity contribution >= 4 is 11.6 Å². The summed E-state index contributed by atoms with van der Waals surface area (Å²) in [6, 6.07) is 13.7. The van der Waals surface area contributed by atoms with Crippen molar-refractivity contribution in [2.75, 3.05) is 0 Å². The first-order valence-corrected chi connectivity index (χ1v) is 9.21. The number of rotatable bonds is 7. The van der Waals surface area contributed by atoms with Crippen molar-refractivity contribution < 1.29 is 9.32 Å². The van der Waals surface area contributed by atoms with Gasteiger partial charge in [-0.3, -0.25) is 9.20 Å². The fraction of sp³-hybridized carbons (Fsp3) is 0.250. The van der Waals surface area contributed by atoms with Crippen LogP contribution in [0.25, 0.3) is 17.1 Å². The molecule has 3 aromatic heterocycles. The number of amides is 1. The molecular formula is C20H20N6O2. The normalized spacial score (nSPS) is 11.0. The summed E-state index contributed by atoms with van der Waals surface area (Å²) in [6.45, 7) is 2.26. The maximum absolute atomic E-state index is 12.2. The molecule has 0 radical (unpaired) electrons. The standard InChI is InChI=1S/C20H20N6O2/c1-2-16-22-20(28-25-16)15-9-6-12-26-17(23-24-19(15)26)13-21-18(27)11-10-14-7-4-3-5-8-14/h3-9,12H,2,10-11,13H2,1H3,(H,21,27). The third-order valence-corrected chi connectivity index (χ3v) is 4.45. The van der Waals surface area contributed by atoms with Crippen molar-refractivity contribution in [1.29, 1.82) is 0 Å². The highest BCUT2D eigenvalue weighted by Crippen LogP contribution is 2.22. The minimum absolute atomic E-state index is 0.0266. The van der Waals surface area contributed by atoms with Gasteiger partial charge < -0.3 is 9.84 Å². The van der Waals surface area contributed by atoms with Crippen LogP contribution in [-0.4, -0.2) is 30.6 Å². The van der Waals surface area contributed by atoms with Crippen LogP contribution in [0.15, 0.2) is 53.2 Å². The van der Waals surface area contributed by atoms with Crippen LogP contribution in [0.2, 0.25) is 0 Å². The maximum atomic E-state index is 12.2. The zero-order chi connectivity index (χ0) is 19.3. The zero-order valence-electron chi connectivity index (χ0n) is 15.5. The van der Waals surface area contributed by atoms with E-state index in [0.717, 1.165) is 5.56 Å². The Kier molecular flexibility index (Phi) is 5.09. The fourth-order valence-electron chi connectivity index (χ4n) is 2.93. The van der Waals surface area contributed by atoms with Gasteiger partial charge in [-0.05, 0) is 24.1 Å². The Labute approximate surface area is 161 Å². The maximum Gasteiger partial charge on any atom is 0.261 e. The lowest BCUT2D eigenvalue weighted by Crippen LogP contribution is -2.24. The Balaban J connectivity index is 1.45. The number of nitrogens with zero attached hydrogens (tertiary/aromatic N) is 5. The van der Waals surface area contributed by atoms with E-state index in [1.165, 1.54) is 0 Å². The SMILES string of the molecule is CCc1noc(-c2cccn3c(CNC(=O)CCc4ccccc4)nnc23)n1. The summed E-state index contributed by atoms with van der Waals surface area (Å²) in [5.41, 5.74) is 2.47. The number of carbonyl (C=O) groups is 1. The van der Waals surface area contributed by atoms with Crippen molar-refractivity contribution in [3.63, 3.8) is 0 Å². The summed E-state index contributed by atoms with van der Waals surface area (Å²) in [6.07, 6.45) is 3.67. The molecule has 4 rings (SSSR count). The smallest absolute Gasteiger partial charge is 0.261 e. The molecule has 142 valence electrons. The van der Waals surface area contributed by atoms with Crippen molar-refractivity contribution in [1.82, 2.24) is 30.1 Å². The van der Waals surface area contributed by atoms with Gasteiger partial charge in [-0.1, -0.05) is 42.4 Å². The summed E-state index contributed by atoms with van der Waals surface area (Å²) < 4.78 is 7.14. The molecule has 0 saturated heterocycles. The average molecular weight is 376 g/mol. The third kappa shape index (κ3) is 3.75. The van der Waals surface area contributed by atoms with Crippen LogP contribution < -0.4 is 5.32 Å². The third-order valence-electron chi connectivity index (χ3n) is 4.45. The number of aryl methyl sites for hydroxylation is 2. The second-order valence-corrected chi connectivity index (χ2v) is 6.36. The highest BCUT2D eigenvalue weighted by atomic mass is 16.5. The van der Waals surface area contributed by atoms with Crippen LogP contribution in [0.1, 0.15) is 30.6 Å². The van der Waals surface area contributed by atoms with Gasteiger partial charge in [0.05, 0.1) is 12.1 Å². The molecule has 8 nitrogen and oxygen atoms in total. The van der Waals surface area contributed by atoms with E-state index < -0.39 is 0 Å². The van der Waals surface area contributed by atoms with Gasteiger partial charge in [0, 0.05) is 19.0 Å². The van der Waals surface area contributed by atoms with Gasteiger partial charge in [-0.15, -0.1) is 10.2 Å². The van der Waals surface area contributed by atoms with Gasteiger partial charge in [-0.25, -0.2) is 0 Å². The van der Waals surface area contributed by atoms with Gasteiger partial charge in [0.15, 0.2) is 17.3 Å². The molecule has 0 aliphatic heterocycles. The molecule has 0 saturated carbocycles. The minimum atomic E-state index is -0.0266. The number of hydrogen-bond acceptors (Lipinski definition) is 6. The van der Waals surface area contributed by atoms with Crippen molar-refractivity contribution in [3.8, 4) is 11.5 Å². The highest BCUT2D eigenvalue weighted by molar-refractivity contribution is 5.76. The fourth-order valence-corrected chi connectivity index (χ4v) is 2.93. The van der Waals surface area contributed by atoms with E-state index in [1.807, 2.05) is 60.0 Å². The van der Waals surface area contributed by atoms with Gasteiger partial charge in [0.25, 0.3) is 5.89 Å². The van der Waals surface area contributed by atoms with Crippen LogP contribution >= 0.6 is 0 Å². The number of nitrogens with one attached hydrogen (secondary N) is 1. The number of carbonyl (C=O) groups excluding carboxylic acids is 1. The van der Waals surface area contributed by atoms with Crippen molar-refractivity contribution in [3.05, 3.63) is 65.9 Å². The quantitative estimate of drug-likeness (QED) is 0.532. The Morgan fingerprint density at radius 2 is 2.00 bits per heavy atom. The number of fused-ring (bicyclic) bond motifs is 1. The molecular weight excluding hydrogens is 356 g/mol. The Morgan fingerprint density at radius 1 is 1.14 bits per heavy atom. The van der Waals surface area contributed by atoms with Crippen molar-refractivity contribution in [2.24, 2.45) is 0 Å². The zero-order valence-corrected chi connectivity index (χ0v) is 15.5. The van der Waals surface area contributed by atoms with Crippen LogP contribution in [0.5, 0.6) is 0 Å². The van der Waals surface area contributed by atoms with Gasteiger partial charge in [0.2, 0.25) is 5.91 Å². The topological polar surface area (TPSA) is 98.2 Å². The van der Waals surface area contributed by atoms with Crippen LogP contribution in [0.4, 0.5) is 0 Å². The van der Waals surface area contributed by atoms with E-state index >= 15 is 0 Å². The number of pyridine rings is 1. The van der Waals surface area contributed by atoms with Crippen molar-refractivity contribution in [2.45, 2.75) is 32.7 Å². The van der Waals surface area contributed by atoms with E-state index in [-0.39, 0.29) is 5.91 Å². The molecule has 0 aliphatic rings. The monoisotopic (exact) mass is 376 g/mol. The van der Waals surface area contributed by atoms with E-state index in [1.54, 1.807) is 0 Å². The largest absolute Gasteiger partial charge is 0.349 e. The lowest BCUT2D eigenvalue weighted by Gasteiger charge is -2.05. The first-order chi connectivity index (χ1) is 13.7. The molecule has 4 aromatic rings. The Morgan fingerprint density at radius 3 is 2.79 bits per heavy atom. The number of hydrogen-bond donors (Lipinski definition) is 1. The van der Waals surface area contributed by atoms with Crippen LogP contribution in [-0.2, 0) is 24.2 Å². The predicted octanol–water partition coefficient (Wildman–Crippen LogP) is 2.59. The molecule has 28 heavy (non-hydrogen) atoms. The molecule has 0 spiro atoms. The first-order valence-electron chi connectivity index (χ1n) is 9.21. The van der Waals surface area contributed by atoms with Crippen LogP contribution in [0.3, 0.4) is 0 Å². The molecule has 0 bridgehead atoms. The first kappa shape index (κ1) is 17.8. The second kappa shape index (κ2) is 7.99. The van der Waals surface area contributed by atoms with E-state index in [0.29, 0.717) is 54.6 Å². The van der Waals surface area contributed by atoms with E-state index in [9.17, 15) is 4.79 Å². The van der Waals surface area contributed by atoms with E-state index in [2.05, 4.69) is 25.7 Å². The lowest BCUT2D eigenvalue weighted by molar-refractivity contribution is -0.121. The number of benzene rings is 1. The minimum Gasteiger partial charge on any atom is -0.349 e. The molecule has 1 aromatic carbocycles. The molecule has 1 N–H and O–H groups in total. The summed E-state index contributed by atoms with van der Waals surface area (Å²) in [5.74, 6) is 1.66. The number of aromatic nitrogens is 5. The summed E-state index contributed by atoms with van der Waals surface area (Å²) >= 11 is 0. The Bertz CT molecular complexity index is 1090. The molecule has 0 fully saturated rings.